The largest absolute Gasteiger partial charge is 0.206 e. The molecule has 0 saturated carbocycles. The van der Waals surface area contributed by atoms with Gasteiger partial charge in [-0.05, 0) is 32.3 Å². The van der Waals surface area contributed by atoms with Crippen LogP contribution in [0.15, 0.2) is 152 Å². The third-order valence-corrected chi connectivity index (χ3v) is 6.77. The second-order valence-corrected chi connectivity index (χ2v) is 9.19. The quantitative estimate of drug-likeness (QED) is 0.261. The molecule has 0 spiro atoms. The predicted octanol–water partition coefficient (Wildman–Crippen LogP) is 6.05. The van der Waals surface area contributed by atoms with Gasteiger partial charge in [-0.3, -0.25) is 0 Å². The maximum absolute atomic E-state index is 4.55. The summed E-state index contributed by atoms with van der Waals surface area (Å²) in [6.07, 6.45) is 0. The molecule has 0 aliphatic carbocycles. The van der Waals surface area contributed by atoms with E-state index in [1.54, 1.807) is 0 Å². The van der Waals surface area contributed by atoms with Crippen molar-refractivity contribution in [2.24, 2.45) is 0 Å². The van der Waals surface area contributed by atoms with Crippen LogP contribution in [0.5, 0.6) is 0 Å². The van der Waals surface area contributed by atoms with Gasteiger partial charge in [-0.2, -0.15) is 5.21 Å². The van der Waals surface area contributed by atoms with Gasteiger partial charge in [-0.25, -0.2) is 4.68 Å². The first-order valence-corrected chi connectivity index (χ1v) is 13.2. The average Bonchev–Trinajstić information content (AvgIpc) is 3.78. The predicted molar refractivity (Wildman–Crippen MR) is 157 cm³/mol. The first-order chi connectivity index (χ1) is 20.4. The van der Waals surface area contributed by atoms with Crippen molar-refractivity contribution < 1.29 is 0 Å². The maximum Gasteiger partial charge on any atom is 0.204 e. The monoisotopic (exact) mass is 534 g/mol. The molecule has 0 bridgehead atoms. The highest BCUT2D eigenvalue weighted by atomic mass is 15.6. The molecule has 5 aromatic carbocycles. The van der Waals surface area contributed by atoms with E-state index in [-0.39, 0.29) is 0 Å². The number of nitrogens with one attached hydrogen (secondary N) is 1. The summed E-state index contributed by atoms with van der Waals surface area (Å²) in [5.74, 6) is 1.35. The van der Waals surface area contributed by atoms with E-state index < -0.39 is 5.54 Å². The van der Waals surface area contributed by atoms with Crippen LogP contribution in [0.2, 0.25) is 0 Å². The molecule has 0 aliphatic heterocycles. The molecule has 0 saturated heterocycles. The second kappa shape index (κ2) is 12.0. The number of tetrazole rings is 2. The molecule has 0 unspecified atom stereocenters. The van der Waals surface area contributed by atoms with Gasteiger partial charge in [0.15, 0.2) is 5.82 Å². The van der Waals surface area contributed by atoms with Gasteiger partial charge >= 0.3 is 0 Å². The number of hydrogen-bond acceptors (Lipinski definition) is 6. The Morgan fingerprint density at radius 3 is 1.37 bits per heavy atom. The van der Waals surface area contributed by atoms with E-state index >= 15 is 0 Å². The summed E-state index contributed by atoms with van der Waals surface area (Å²) in [7, 11) is 0. The van der Waals surface area contributed by atoms with E-state index in [1.165, 1.54) is 0 Å². The van der Waals surface area contributed by atoms with Crippen molar-refractivity contribution in [1.82, 2.24) is 40.8 Å². The average molecular weight is 535 g/mol. The fourth-order valence-corrected chi connectivity index (χ4v) is 4.96. The molecule has 7 rings (SSSR count). The van der Waals surface area contributed by atoms with Gasteiger partial charge in [0.2, 0.25) is 5.82 Å². The minimum Gasteiger partial charge on any atom is -0.206 e. The molecular formula is C33H26N8. The van der Waals surface area contributed by atoms with Gasteiger partial charge in [-0.1, -0.05) is 152 Å². The molecule has 0 amide bonds. The Labute approximate surface area is 237 Å². The van der Waals surface area contributed by atoms with Crippen molar-refractivity contribution in [2.75, 3.05) is 0 Å². The van der Waals surface area contributed by atoms with Crippen molar-refractivity contribution in [3.05, 3.63) is 168 Å². The van der Waals surface area contributed by atoms with E-state index in [0.29, 0.717) is 11.6 Å². The minimum atomic E-state index is -0.724. The summed E-state index contributed by atoms with van der Waals surface area (Å²) in [6, 6.07) is 51.0. The van der Waals surface area contributed by atoms with Gasteiger partial charge in [-0.15, -0.1) is 15.3 Å². The number of hydrogen-bond donors (Lipinski definition) is 1. The normalized spacial score (nSPS) is 10.9. The van der Waals surface area contributed by atoms with Crippen molar-refractivity contribution in [3.8, 4) is 22.8 Å². The summed E-state index contributed by atoms with van der Waals surface area (Å²) in [5.41, 5.74) is 4.49. The van der Waals surface area contributed by atoms with Crippen LogP contribution >= 0.6 is 0 Å². The SMILES string of the molecule is c1ccc(-c2nn[nH]n2)cc1.c1ccc(-c2nnnn2C(c2ccccc2)(c2ccccc2)c2ccccc2)cc1. The summed E-state index contributed by atoms with van der Waals surface area (Å²) in [4.78, 5) is 0. The van der Waals surface area contributed by atoms with Gasteiger partial charge in [0.05, 0.1) is 0 Å². The number of benzene rings is 5. The maximum atomic E-state index is 4.55. The molecule has 8 heteroatoms. The highest BCUT2D eigenvalue weighted by Gasteiger charge is 2.41. The van der Waals surface area contributed by atoms with Gasteiger partial charge < -0.3 is 0 Å². The Morgan fingerprint density at radius 1 is 0.488 bits per heavy atom. The Hall–Kier alpha value is -5.76. The standard InChI is InChI=1S/C26H20N4.C7H6N4/c1-5-13-21(14-6-1)25-27-28-29-30(25)26(22-15-7-2-8-16-22,23-17-9-3-10-18-23)24-19-11-4-12-20-24;1-2-4-6(5-3-1)7-8-10-11-9-7/h1-20H;1-5H,(H,8,9,10,11). The molecule has 41 heavy (non-hydrogen) atoms. The Kier molecular flexibility index (Phi) is 7.44. The van der Waals surface area contributed by atoms with E-state index in [2.05, 4.69) is 109 Å². The lowest BCUT2D eigenvalue weighted by atomic mass is 9.77. The topological polar surface area (TPSA) is 98.1 Å². The van der Waals surface area contributed by atoms with E-state index in [4.69, 9.17) is 0 Å². The number of rotatable bonds is 6. The van der Waals surface area contributed by atoms with E-state index in [0.717, 1.165) is 27.8 Å². The Morgan fingerprint density at radius 2 is 0.927 bits per heavy atom. The second-order valence-electron chi connectivity index (χ2n) is 9.19. The molecule has 8 nitrogen and oxygen atoms in total. The fourth-order valence-electron chi connectivity index (χ4n) is 4.96. The fraction of sp³-hybridized carbons (Fsp3) is 0.0303. The molecular weight excluding hydrogens is 508 g/mol. The zero-order valence-corrected chi connectivity index (χ0v) is 22.1. The molecule has 2 heterocycles. The van der Waals surface area contributed by atoms with Crippen molar-refractivity contribution in [2.45, 2.75) is 5.54 Å². The van der Waals surface area contributed by atoms with Crippen molar-refractivity contribution >= 4 is 0 Å². The van der Waals surface area contributed by atoms with E-state index in [9.17, 15) is 0 Å². The lowest BCUT2D eigenvalue weighted by Gasteiger charge is -2.36. The number of H-pyrrole nitrogens is 1. The highest BCUT2D eigenvalue weighted by Crippen LogP contribution is 2.41. The third kappa shape index (κ3) is 5.14. The summed E-state index contributed by atoms with van der Waals surface area (Å²) in [5, 5.41) is 26.6. The molecule has 1 N–H and O–H groups in total. The van der Waals surface area contributed by atoms with Crippen molar-refractivity contribution in [1.29, 1.82) is 0 Å². The smallest absolute Gasteiger partial charge is 0.204 e. The lowest BCUT2D eigenvalue weighted by molar-refractivity contribution is 0.451. The van der Waals surface area contributed by atoms with Gasteiger partial charge in [0, 0.05) is 11.1 Å². The van der Waals surface area contributed by atoms with Crippen molar-refractivity contribution in [3.63, 3.8) is 0 Å². The molecule has 7 aromatic rings. The Balaban J connectivity index is 0.000000229. The van der Waals surface area contributed by atoms with Crippen LogP contribution in [0.25, 0.3) is 22.8 Å². The van der Waals surface area contributed by atoms with Gasteiger partial charge in [0.25, 0.3) is 0 Å². The highest BCUT2D eigenvalue weighted by molar-refractivity contribution is 5.59. The molecule has 2 aromatic heterocycles. The first-order valence-electron chi connectivity index (χ1n) is 13.2. The van der Waals surface area contributed by atoms with Crippen LogP contribution in [-0.4, -0.2) is 40.8 Å². The number of aromatic nitrogens is 8. The third-order valence-electron chi connectivity index (χ3n) is 6.77. The Bertz CT molecular complexity index is 1660. The van der Waals surface area contributed by atoms with Crippen LogP contribution in [0, 0.1) is 0 Å². The number of nitrogens with zero attached hydrogens (tertiary/aromatic N) is 7. The van der Waals surface area contributed by atoms with Gasteiger partial charge in [0.1, 0.15) is 5.54 Å². The molecule has 0 fully saturated rings. The summed E-state index contributed by atoms with van der Waals surface area (Å²) < 4.78 is 1.95. The lowest BCUT2D eigenvalue weighted by Crippen LogP contribution is -2.39. The van der Waals surface area contributed by atoms with Crippen LogP contribution in [0.4, 0.5) is 0 Å². The van der Waals surface area contributed by atoms with Crippen LogP contribution < -0.4 is 0 Å². The first kappa shape index (κ1) is 25.5. The van der Waals surface area contributed by atoms with Crippen LogP contribution in [-0.2, 0) is 5.54 Å². The summed E-state index contributed by atoms with van der Waals surface area (Å²) >= 11 is 0. The molecule has 0 atom stereocenters. The zero-order valence-electron chi connectivity index (χ0n) is 22.1. The zero-order chi connectivity index (χ0) is 27.7. The van der Waals surface area contributed by atoms with E-state index in [1.807, 2.05) is 83.5 Å². The summed E-state index contributed by atoms with van der Waals surface area (Å²) in [6.45, 7) is 0. The number of aromatic amines is 1. The molecule has 198 valence electrons. The molecule has 0 radical (unpaired) electrons. The van der Waals surface area contributed by atoms with Crippen LogP contribution in [0.3, 0.4) is 0 Å². The molecule has 0 aliphatic rings. The van der Waals surface area contributed by atoms with Crippen LogP contribution in [0.1, 0.15) is 16.7 Å². The minimum absolute atomic E-state index is 0.630.